The van der Waals surface area contributed by atoms with Crippen LogP contribution in [0.5, 0.6) is 11.5 Å². The van der Waals surface area contributed by atoms with Gasteiger partial charge in [0.25, 0.3) is 0 Å². The SMILES string of the molecule is CCC(CC(Oc1cc(OCc2ccccc2)ccc1C=CC(=O)OC)c1ccccc1C)C(=O)O. The van der Waals surface area contributed by atoms with Crippen LogP contribution >= 0.6 is 0 Å². The third kappa shape index (κ3) is 7.47. The predicted molar refractivity (Wildman–Crippen MR) is 139 cm³/mol. The largest absolute Gasteiger partial charge is 0.489 e. The molecule has 6 heteroatoms. The maximum Gasteiger partial charge on any atom is 0.330 e. The number of carbonyl (C=O) groups is 2. The molecule has 0 spiro atoms. The first-order chi connectivity index (χ1) is 17.4. The van der Waals surface area contributed by atoms with Gasteiger partial charge < -0.3 is 19.3 Å². The summed E-state index contributed by atoms with van der Waals surface area (Å²) >= 11 is 0. The number of hydrogen-bond acceptors (Lipinski definition) is 5. The Bertz CT molecular complexity index is 1190. The average molecular weight is 489 g/mol. The first-order valence-corrected chi connectivity index (χ1v) is 11.9. The zero-order valence-corrected chi connectivity index (χ0v) is 20.8. The van der Waals surface area contributed by atoms with Gasteiger partial charge in [-0.15, -0.1) is 0 Å². The quantitative estimate of drug-likeness (QED) is 0.235. The normalized spacial score (nSPS) is 12.6. The summed E-state index contributed by atoms with van der Waals surface area (Å²) in [5.74, 6) is -0.837. The topological polar surface area (TPSA) is 82.1 Å². The molecule has 2 unspecified atom stereocenters. The van der Waals surface area contributed by atoms with Gasteiger partial charge in [0.1, 0.15) is 24.2 Å². The molecule has 1 N–H and O–H groups in total. The van der Waals surface area contributed by atoms with E-state index < -0.39 is 24.0 Å². The summed E-state index contributed by atoms with van der Waals surface area (Å²) in [6, 6.07) is 23.0. The Hall–Kier alpha value is -4.06. The van der Waals surface area contributed by atoms with Crippen LogP contribution in [-0.4, -0.2) is 24.2 Å². The molecule has 3 rings (SSSR count). The molecule has 3 aromatic carbocycles. The summed E-state index contributed by atoms with van der Waals surface area (Å²) in [5.41, 5.74) is 3.59. The van der Waals surface area contributed by atoms with Crippen molar-refractivity contribution in [2.75, 3.05) is 7.11 Å². The number of hydrogen-bond donors (Lipinski definition) is 1. The molecule has 0 aromatic heterocycles. The minimum atomic E-state index is -0.856. The highest BCUT2D eigenvalue weighted by atomic mass is 16.5. The Morgan fingerprint density at radius 1 is 1.00 bits per heavy atom. The standard InChI is InChI=1S/C30H32O6/c1-4-23(30(32)33)18-28(26-13-9-8-10-21(26)2)36-27-19-25(35-20-22-11-6-5-7-12-22)16-14-24(27)15-17-29(31)34-3/h5-17,19,23,28H,4,18,20H2,1-3H3,(H,32,33). The number of aliphatic carboxylic acids is 1. The molecule has 36 heavy (non-hydrogen) atoms. The zero-order chi connectivity index (χ0) is 25.9. The molecular formula is C30H32O6. The molecular weight excluding hydrogens is 456 g/mol. The number of esters is 1. The van der Waals surface area contributed by atoms with Crippen LogP contribution in [-0.2, 0) is 20.9 Å². The van der Waals surface area contributed by atoms with Gasteiger partial charge >= 0.3 is 11.9 Å². The van der Waals surface area contributed by atoms with Crippen LogP contribution in [0.3, 0.4) is 0 Å². The molecule has 6 nitrogen and oxygen atoms in total. The van der Waals surface area contributed by atoms with E-state index in [1.54, 1.807) is 18.2 Å². The minimum absolute atomic E-state index is 0.298. The summed E-state index contributed by atoms with van der Waals surface area (Å²) in [7, 11) is 1.32. The number of ether oxygens (including phenoxy) is 3. The van der Waals surface area contributed by atoms with E-state index in [2.05, 4.69) is 0 Å². The highest BCUT2D eigenvalue weighted by Crippen LogP contribution is 2.35. The lowest BCUT2D eigenvalue weighted by molar-refractivity contribution is -0.142. The van der Waals surface area contributed by atoms with Gasteiger partial charge in [-0.2, -0.15) is 0 Å². The van der Waals surface area contributed by atoms with Crippen molar-refractivity contribution in [3.63, 3.8) is 0 Å². The Labute approximate surface area is 212 Å². The van der Waals surface area contributed by atoms with Gasteiger partial charge in [0.2, 0.25) is 0 Å². The number of methoxy groups -OCH3 is 1. The van der Waals surface area contributed by atoms with Gasteiger partial charge in [-0.3, -0.25) is 4.79 Å². The van der Waals surface area contributed by atoms with Crippen LogP contribution in [0.1, 0.15) is 48.1 Å². The Kier molecular flexibility index (Phi) is 9.69. The Morgan fingerprint density at radius 2 is 1.72 bits per heavy atom. The van der Waals surface area contributed by atoms with E-state index in [9.17, 15) is 14.7 Å². The van der Waals surface area contributed by atoms with Gasteiger partial charge in [-0.1, -0.05) is 61.5 Å². The van der Waals surface area contributed by atoms with Gasteiger partial charge in [0.05, 0.1) is 13.0 Å². The fraction of sp³-hybridized carbons (Fsp3) is 0.267. The van der Waals surface area contributed by atoms with Crippen molar-refractivity contribution in [2.24, 2.45) is 5.92 Å². The van der Waals surface area contributed by atoms with Gasteiger partial charge in [-0.05, 0) is 48.2 Å². The van der Waals surface area contributed by atoms with Crippen molar-refractivity contribution in [3.8, 4) is 11.5 Å². The summed E-state index contributed by atoms with van der Waals surface area (Å²) in [6.45, 7) is 4.22. The maximum atomic E-state index is 11.8. The number of benzene rings is 3. The molecule has 0 amide bonds. The third-order valence-electron chi connectivity index (χ3n) is 5.98. The molecule has 0 aliphatic rings. The van der Waals surface area contributed by atoms with Crippen molar-refractivity contribution < 1.29 is 28.9 Å². The zero-order valence-electron chi connectivity index (χ0n) is 20.8. The fourth-order valence-electron chi connectivity index (χ4n) is 3.85. The summed E-state index contributed by atoms with van der Waals surface area (Å²) < 4.78 is 17.2. The number of rotatable bonds is 12. The van der Waals surface area contributed by atoms with E-state index in [0.717, 1.165) is 16.7 Å². The maximum absolute atomic E-state index is 11.8. The summed E-state index contributed by atoms with van der Waals surface area (Å²) in [4.78, 5) is 23.6. The van der Waals surface area contributed by atoms with E-state index >= 15 is 0 Å². The van der Waals surface area contributed by atoms with Crippen molar-refractivity contribution in [1.29, 1.82) is 0 Å². The molecule has 0 heterocycles. The number of carboxylic acid groups (broad SMARTS) is 1. The highest BCUT2D eigenvalue weighted by molar-refractivity contribution is 5.87. The van der Waals surface area contributed by atoms with Crippen LogP contribution in [0.4, 0.5) is 0 Å². The number of carboxylic acids is 1. The Morgan fingerprint density at radius 3 is 2.39 bits per heavy atom. The first kappa shape index (κ1) is 26.5. The second-order valence-corrected chi connectivity index (χ2v) is 8.47. The lowest BCUT2D eigenvalue weighted by Crippen LogP contribution is -2.20. The molecule has 0 fully saturated rings. The first-order valence-electron chi connectivity index (χ1n) is 11.9. The van der Waals surface area contributed by atoms with Crippen molar-refractivity contribution in [2.45, 2.75) is 39.4 Å². The minimum Gasteiger partial charge on any atom is -0.489 e. The van der Waals surface area contributed by atoms with Gasteiger partial charge in [0.15, 0.2) is 0 Å². The summed E-state index contributed by atoms with van der Waals surface area (Å²) in [6.07, 6.45) is 3.21. The van der Waals surface area contributed by atoms with E-state index in [1.807, 2.05) is 74.5 Å². The van der Waals surface area contributed by atoms with Crippen LogP contribution in [0.2, 0.25) is 0 Å². The molecule has 0 aliphatic carbocycles. The van der Waals surface area contributed by atoms with Crippen LogP contribution in [0, 0.1) is 12.8 Å². The van der Waals surface area contributed by atoms with Crippen LogP contribution in [0.25, 0.3) is 6.08 Å². The molecule has 0 bridgehead atoms. The van der Waals surface area contributed by atoms with Gasteiger partial charge in [-0.25, -0.2) is 4.79 Å². The van der Waals surface area contributed by atoms with Crippen molar-refractivity contribution >= 4 is 18.0 Å². The van der Waals surface area contributed by atoms with E-state index in [-0.39, 0.29) is 0 Å². The predicted octanol–water partition coefficient (Wildman–Crippen LogP) is 6.38. The van der Waals surface area contributed by atoms with Crippen LogP contribution in [0.15, 0.2) is 78.9 Å². The molecule has 0 aliphatic heterocycles. The van der Waals surface area contributed by atoms with E-state index in [4.69, 9.17) is 14.2 Å². The van der Waals surface area contributed by atoms with E-state index in [0.29, 0.717) is 36.5 Å². The van der Waals surface area contributed by atoms with Crippen molar-refractivity contribution in [1.82, 2.24) is 0 Å². The fourth-order valence-corrected chi connectivity index (χ4v) is 3.85. The molecule has 188 valence electrons. The number of carbonyl (C=O) groups excluding carboxylic acids is 1. The second kappa shape index (κ2) is 13.1. The average Bonchev–Trinajstić information content (AvgIpc) is 2.89. The third-order valence-corrected chi connectivity index (χ3v) is 5.98. The lowest BCUT2D eigenvalue weighted by atomic mass is 9.92. The molecule has 0 radical (unpaired) electrons. The lowest BCUT2D eigenvalue weighted by Gasteiger charge is -2.25. The molecule has 0 saturated carbocycles. The molecule has 0 saturated heterocycles. The van der Waals surface area contributed by atoms with Crippen molar-refractivity contribution in [3.05, 3.63) is 101 Å². The van der Waals surface area contributed by atoms with E-state index in [1.165, 1.54) is 13.2 Å². The monoisotopic (exact) mass is 488 g/mol. The number of aryl methyl sites for hydroxylation is 1. The van der Waals surface area contributed by atoms with Gasteiger partial charge in [0, 0.05) is 24.1 Å². The molecule has 3 aromatic rings. The second-order valence-electron chi connectivity index (χ2n) is 8.47. The highest BCUT2D eigenvalue weighted by Gasteiger charge is 2.25. The smallest absolute Gasteiger partial charge is 0.330 e. The molecule has 2 atom stereocenters. The Balaban J connectivity index is 1.97. The summed E-state index contributed by atoms with van der Waals surface area (Å²) in [5, 5.41) is 9.72. The van der Waals surface area contributed by atoms with Crippen LogP contribution < -0.4 is 9.47 Å².